The highest BCUT2D eigenvalue weighted by Gasteiger charge is 2.20. The van der Waals surface area contributed by atoms with Gasteiger partial charge in [0.2, 0.25) is 11.8 Å². The number of nitrogens with one attached hydrogen (secondary N) is 2. The third kappa shape index (κ3) is 3.36. The molecule has 0 saturated carbocycles. The van der Waals surface area contributed by atoms with Crippen molar-refractivity contribution in [2.45, 2.75) is 19.9 Å². The minimum atomic E-state index is -0.247. The van der Waals surface area contributed by atoms with Crippen molar-refractivity contribution in [3.05, 3.63) is 71.4 Å². The van der Waals surface area contributed by atoms with Crippen molar-refractivity contribution in [2.24, 2.45) is 0 Å². The number of benzene rings is 2. The van der Waals surface area contributed by atoms with Crippen molar-refractivity contribution in [3.63, 3.8) is 0 Å². The number of fused-ring (bicyclic) bond motifs is 2. The summed E-state index contributed by atoms with van der Waals surface area (Å²) >= 11 is 0. The van der Waals surface area contributed by atoms with E-state index in [2.05, 4.69) is 30.9 Å². The average molecular weight is 442 g/mol. The van der Waals surface area contributed by atoms with Crippen LogP contribution in [0, 0.1) is 12.7 Å². The molecule has 1 aliphatic rings. The lowest BCUT2D eigenvalue weighted by Gasteiger charge is -2.13. The molecule has 5 aromatic rings. The fraction of sp³-hybridized carbons (Fsp3) is 0.174. The predicted molar refractivity (Wildman–Crippen MR) is 119 cm³/mol. The summed E-state index contributed by atoms with van der Waals surface area (Å²) in [5.41, 5.74) is 5.84. The van der Waals surface area contributed by atoms with Crippen molar-refractivity contribution >= 4 is 11.6 Å². The van der Waals surface area contributed by atoms with Gasteiger partial charge < -0.3 is 10.1 Å². The number of H-pyrrole nitrogens is 1. The Morgan fingerprint density at radius 2 is 2.00 bits per heavy atom. The second-order valence-corrected chi connectivity index (χ2v) is 7.84. The molecule has 0 amide bonds. The molecule has 0 radical (unpaired) electrons. The van der Waals surface area contributed by atoms with Crippen LogP contribution in [-0.4, -0.2) is 41.6 Å². The van der Waals surface area contributed by atoms with Gasteiger partial charge in [0, 0.05) is 47.6 Å². The smallest absolute Gasteiger partial charge is 0.208 e. The quantitative estimate of drug-likeness (QED) is 0.429. The number of hydrogen-bond acceptors (Lipinski definition) is 7. The van der Waals surface area contributed by atoms with Crippen LogP contribution in [-0.2, 0) is 13.0 Å². The van der Waals surface area contributed by atoms with Crippen LogP contribution in [0.1, 0.15) is 16.8 Å². The van der Waals surface area contributed by atoms with E-state index in [4.69, 9.17) is 9.72 Å². The molecule has 0 bridgehead atoms. The Morgan fingerprint density at radius 1 is 1.15 bits per heavy atom. The molecule has 0 saturated heterocycles. The van der Waals surface area contributed by atoms with E-state index in [0.717, 1.165) is 39.3 Å². The van der Waals surface area contributed by atoms with E-state index in [-0.39, 0.29) is 5.82 Å². The summed E-state index contributed by atoms with van der Waals surface area (Å²) in [7, 11) is 0. The van der Waals surface area contributed by atoms with E-state index in [0.29, 0.717) is 36.9 Å². The maximum absolute atomic E-state index is 14.5. The summed E-state index contributed by atoms with van der Waals surface area (Å²) < 4.78 is 22.0. The van der Waals surface area contributed by atoms with Crippen molar-refractivity contribution in [2.75, 3.05) is 11.9 Å². The third-order valence-corrected chi connectivity index (χ3v) is 5.77. The van der Waals surface area contributed by atoms with E-state index in [1.54, 1.807) is 12.3 Å². The molecule has 2 aromatic carbocycles. The van der Waals surface area contributed by atoms with Gasteiger partial charge in [-0.15, -0.1) is 10.2 Å². The number of hydrogen-bond donors (Lipinski definition) is 2. The third-order valence-electron chi connectivity index (χ3n) is 5.77. The highest BCUT2D eigenvalue weighted by molar-refractivity contribution is 5.79. The highest BCUT2D eigenvalue weighted by Crippen LogP contribution is 2.31. The van der Waals surface area contributed by atoms with E-state index in [1.165, 1.54) is 6.07 Å². The maximum Gasteiger partial charge on any atom is 0.208 e. The Hall–Kier alpha value is -4.34. The number of halogens is 1. The Bertz CT molecular complexity index is 1460. The first kappa shape index (κ1) is 19.4. The van der Waals surface area contributed by atoms with Gasteiger partial charge in [0.25, 0.3) is 0 Å². The normalized spacial score (nSPS) is 12.7. The van der Waals surface area contributed by atoms with Crippen LogP contribution in [0.3, 0.4) is 0 Å². The standard InChI is InChI=1S/C23H19FN8O/c1-13-12-32-22(27-13)17(14-2-4-15(5-3-14)21-28-30-31-29-21)10-25-23(32)26-11-18-16-8-9-33-20(16)7-6-19(18)24/h2-7,10,12H,8-9,11H2,1H3,(H,25,26)(H,28,29,30,31). The number of aromatic amines is 1. The summed E-state index contributed by atoms with van der Waals surface area (Å²) in [5, 5.41) is 17.4. The Morgan fingerprint density at radius 3 is 2.82 bits per heavy atom. The van der Waals surface area contributed by atoms with Crippen LogP contribution in [0.4, 0.5) is 10.3 Å². The first-order chi connectivity index (χ1) is 16.2. The monoisotopic (exact) mass is 442 g/mol. The first-order valence-electron chi connectivity index (χ1n) is 10.5. The molecule has 33 heavy (non-hydrogen) atoms. The molecule has 0 aliphatic carbocycles. The number of tetrazole rings is 1. The molecule has 1 aliphatic heterocycles. The topological polar surface area (TPSA) is 106 Å². The van der Waals surface area contributed by atoms with E-state index in [1.807, 2.05) is 41.8 Å². The summed E-state index contributed by atoms with van der Waals surface area (Å²) in [6.45, 7) is 2.81. The van der Waals surface area contributed by atoms with Crippen LogP contribution in [0.2, 0.25) is 0 Å². The van der Waals surface area contributed by atoms with Gasteiger partial charge in [-0.25, -0.2) is 14.4 Å². The lowest BCUT2D eigenvalue weighted by molar-refractivity contribution is 0.356. The summed E-state index contributed by atoms with van der Waals surface area (Å²) in [5.74, 6) is 1.63. The molecule has 0 atom stereocenters. The van der Waals surface area contributed by atoms with Gasteiger partial charge in [-0.05, 0) is 29.8 Å². The molecular formula is C23H19FN8O. The molecule has 10 heteroatoms. The predicted octanol–water partition coefficient (Wildman–Crippen LogP) is 3.57. The van der Waals surface area contributed by atoms with Gasteiger partial charge in [0.05, 0.1) is 12.3 Å². The zero-order chi connectivity index (χ0) is 22.4. The molecule has 6 rings (SSSR count). The van der Waals surface area contributed by atoms with Gasteiger partial charge in [-0.1, -0.05) is 24.3 Å². The molecular weight excluding hydrogens is 423 g/mol. The molecule has 9 nitrogen and oxygen atoms in total. The summed E-state index contributed by atoms with van der Waals surface area (Å²) in [4.78, 5) is 9.33. The number of aryl methyl sites for hydroxylation is 1. The summed E-state index contributed by atoms with van der Waals surface area (Å²) in [6, 6.07) is 11.0. The number of anilines is 1. The van der Waals surface area contributed by atoms with Gasteiger partial charge in [0.1, 0.15) is 17.2 Å². The molecule has 0 spiro atoms. The van der Waals surface area contributed by atoms with Crippen LogP contribution in [0.5, 0.6) is 5.75 Å². The largest absolute Gasteiger partial charge is 0.493 e. The van der Waals surface area contributed by atoms with E-state index in [9.17, 15) is 4.39 Å². The lowest BCUT2D eigenvalue weighted by atomic mass is 10.0. The average Bonchev–Trinajstić information content (AvgIpc) is 3.59. The SMILES string of the molecule is Cc1cn2c(NCc3c(F)ccc4c3CCO4)ncc(-c3ccc(-c4nn[nH]n4)cc3)c2n1. The molecule has 4 heterocycles. The minimum Gasteiger partial charge on any atom is -0.493 e. The first-order valence-corrected chi connectivity index (χ1v) is 10.5. The van der Waals surface area contributed by atoms with E-state index < -0.39 is 0 Å². The number of aromatic nitrogens is 7. The number of imidazole rings is 1. The second-order valence-electron chi connectivity index (χ2n) is 7.84. The number of ether oxygens (including phenoxy) is 1. The van der Waals surface area contributed by atoms with Gasteiger partial charge in [-0.3, -0.25) is 4.40 Å². The zero-order valence-corrected chi connectivity index (χ0v) is 17.7. The molecule has 164 valence electrons. The van der Waals surface area contributed by atoms with Crippen molar-refractivity contribution in [3.8, 4) is 28.3 Å². The van der Waals surface area contributed by atoms with Gasteiger partial charge >= 0.3 is 0 Å². The van der Waals surface area contributed by atoms with Crippen molar-refractivity contribution in [1.82, 2.24) is 35.0 Å². The molecule has 0 fully saturated rings. The molecule has 2 N–H and O–H groups in total. The van der Waals surface area contributed by atoms with Crippen LogP contribution >= 0.6 is 0 Å². The van der Waals surface area contributed by atoms with Gasteiger partial charge in [0.15, 0.2) is 0 Å². The Labute approximate surface area is 187 Å². The maximum atomic E-state index is 14.5. The van der Waals surface area contributed by atoms with Gasteiger partial charge in [-0.2, -0.15) is 5.21 Å². The van der Waals surface area contributed by atoms with Crippen LogP contribution in [0.25, 0.3) is 28.2 Å². The minimum absolute atomic E-state index is 0.247. The highest BCUT2D eigenvalue weighted by atomic mass is 19.1. The Kier molecular flexibility index (Phi) is 4.49. The van der Waals surface area contributed by atoms with Crippen LogP contribution < -0.4 is 10.1 Å². The lowest BCUT2D eigenvalue weighted by Crippen LogP contribution is -2.09. The Balaban J connectivity index is 1.33. The van der Waals surface area contributed by atoms with Crippen LogP contribution in [0.15, 0.2) is 48.8 Å². The molecule has 0 unspecified atom stereocenters. The molecule has 3 aromatic heterocycles. The number of nitrogens with zero attached hydrogens (tertiary/aromatic N) is 6. The number of rotatable bonds is 5. The fourth-order valence-electron chi connectivity index (χ4n) is 4.19. The summed E-state index contributed by atoms with van der Waals surface area (Å²) in [6.07, 6.45) is 4.40. The van der Waals surface area contributed by atoms with Crippen molar-refractivity contribution < 1.29 is 9.13 Å². The fourth-order valence-corrected chi connectivity index (χ4v) is 4.19. The van der Waals surface area contributed by atoms with E-state index >= 15 is 0 Å². The zero-order valence-electron chi connectivity index (χ0n) is 17.7. The van der Waals surface area contributed by atoms with Crippen molar-refractivity contribution in [1.29, 1.82) is 0 Å². The second kappa shape index (κ2) is 7.66.